The van der Waals surface area contributed by atoms with Crippen molar-refractivity contribution in [1.82, 2.24) is 19.1 Å². The van der Waals surface area contributed by atoms with Crippen molar-refractivity contribution < 1.29 is 8.78 Å². The molecule has 2 aromatic carbocycles. The number of hydrogen-bond acceptors (Lipinski definition) is 3. The monoisotopic (exact) mass is 422 g/mol. The molecule has 0 atom stereocenters. The van der Waals surface area contributed by atoms with E-state index in [2.05, 4.69) is 4.98 Å². The summed E-state index contributed by atoms with van der Waals surface area (Å²) in [5.74, 6) is -1.29. The van der Waals surface area contributed by atoms with Gasteiger partial charge in [-0.05, 0) is 35.7 Å². The lowest BCUT2D eigenvalue weighted by Crippen LogP contribution is -2.19. The van der Waals surface area contributed by atoms with Crippen LogP contribution in [0.2, 0.25) is 0 Å². The fraction of sp³-hybridized carbons (Fsp3) is 0.0909. The highest BCUT2D eigenvalue weighted by molar-refractivity contribution is 7.13. The Kier molecular flexibility index (Phi) is 4.18. The quantitative estimate of drug-likeness (QED) is 0.448. The van der Waals surface area contributed by atoms with Crippen LogP contribution in [-0.2, 0) is 14.1 Å². The molecule has 30 heavy (non-hydrogen) atoms. The van der Waals surface area contributed by atoms with Crippen LogP contribution in [-0.4, -0.2) is 19.1 Å². The fourth-order valence-corrected chi connectivity index (χ4v) is 4.33. The van der Waals surface area contributed by atoms with E-state index in [9.17, 15) is 13.6 Å². The van der Waals surface area contributed by atoms with Crippen LogP contribution in [0.25, 0.3) is 44.2 Å². The Bertz CT molecular complexity index is 1460. The highest BCUT2D eigenvalue weighted by atomic mass is 32.1. The van der Waals surface area contributed by atoms with Crippen LogP contribution >= 0.6 is 11.3 Å². The van der Waals surface area contributed by atoms with Gasteiger partial charge >= 0.3 is 5.69 Å². The van der Waals surface area contributed by atoms with Crippen LogP contribution in [0, 0.1) is 11.6 Å². The molecule has 5 rings (SSSR count). The van der Waals surface area contributed by atoms with Crippen molar-refractivity contribution in [3.63, 3.8) is 0 Å². The van der Waals surface area contributed by atoms with Gasteiger partial charge in [-0.3, -0.25) is 9.13 Å². The molecule has 0 bridgehead atoms. The van der Waals surface area contributed by atoms with Gasteiger partial charge in [0.2, 0.25) is 0 Å². The topological polar surface area (TPSA) is 55.6 Å². The number of hydrogen-bond donors (Lipinski definition) is 1. The Morgan fingerprint density at radius 1 is 1.00 bits per heavy atom. The molecule has 1 N–H and O–H groups in total. The number of aromatic amines is 1. The minimum atomic E-state index is -0.937. The highest BCUT2D eigenvalue weighted by Gasteiger charge is 2.21. The molecule has 0 aliphatic carbocycles. The van der Waals surface area contributed by atoms with Crippen molar-refractivity contribution in [3.05, 3.63) is 76.0 Å². The maximum absolute atomic E-state index is 14.6. The molecular formula is C22H16F2N4OS. The predicted molar refractivity (Wildman–Crippen MR) is 114 cm³/mol. The molecule has 0 spiro atoms. The van der Waals surface area contributed by atoms with Gasteiger partial charge in [0, 0.05) is 25.2 Å². The number of aryl methyl sites for hydroxylation is 2. The third-order valence-corrected chi connectivity index (χ3v) is 6.10. The number of aromatic nitrogens is 4. The molecule has 3 aromatic heterocycles. The molecule has 0 aliphatic rings. The summed E-state index contributed by atoms with van der Waals surface area (Å²) in [6.45, 7) is 0. The Labute approximate surface area is 173 Å². The van der Waals surface area contributed by atoms with E-state index in [1.54, 1.807) is 23.2 Å². The SMILES string of the molecule is Cn1c(=O)n(C)c2cc(-c3nc(-c4cccs4)[nH]c3-c3cccc(F)c3F)ccc21. The van der Waals surface area contributed by atoms with Gasteiger partial charge in [0.25, 0.3) is 0 Å². The van der Waals surface area contributed by atoms with E-state index >= 15 is 0 Å². The van der Waals surface area contributed by atoms with Crippen molar-refractivity contribution >= 4 is 22.4 Å². The maximum Gasteiger partial charge on any atom is 0.328 e. The van der Waals surface area contributed by atoms with Gasteiger partial charge in [-0.15, -0.1) is 11.3 Å². The lowest BCUT2D eigenvalue weighted by molar-refractivity contribution is 0.511. The number of H-pyrrole nitrogens is 1. The Balaban J connectivity index is 1.79. The molecule has 0 radical (unpaired) electrons. The number of rotatable bonds is 3. The van der Waals surface area contributed by atoms with E-state index in [0.29, 0.717) is 22.8 Å². The standard InChI is InChI=1S/C22H16F2N4OS/c1-27-15-9-8-12(11-16(15)28(2)22(27)29)19-20(13-5-3-6-14(23)18(13)24)26-21(25-19)17-7-4-10-30-17/h3-11H,1-2H3,(H,25,26). The smallest absolute Gasteiger partial charge is 0.328 e. The second-order valence-corrected chi connectivity index (χ2v) is 7.94. The number of benzene rings is 2. The summed E-state index contributed by atoms with van der Waals surface area (Å²) in [6, 6.07) is 13.4. The summed E-state index contributed by atoms with van der Waals surface area (Å²) in [7, 11) is 3.41. The molecular weight excluding hydrogens is 406 g/mol. The van der Waals surface area contributed by atoms with Crippen molar-refractivity contribution in [2.45, 2.75) is 0 Å². The van der Waals surface area contributed by atoms with E-state index in [1.165, 1.54) is 23.5 Å². The number of fused-ring (bicyclic) bond motifs is 1. The second kappa shape index (κ2) is 6.77. The normalized spacial score (nSPS) is 11.5. The molecule has 5 aromatic rings. The lowest BCUT2D eigenvalue weighted by atomic mass is 10.0. The number of halogens is 2. The molecule has 0 aliphatic heterocycles. The van der Waals surface area contributed by atoms with Crippen molar-refractivity contribution in [2.24, 2.45) is 14.1 Å². The third-order valence-electron chi connectivity index (χ3n) is 5.22. The average molecular weight is 422 g/mol. The molecule has 5 nitrogen and oxygen atoms in total. The summed E-state index contributed by atoms with van der Waals surface area (Å²) >= 11 is 1.50. The van der Waals surface area contributed by atoms with Crippen LogP contribution in [0.5, 0.6) is 0 Å². The Morgan fingerprint density at radius 3 is 2.57 bits per heavy atom. The summed E-state index contributed by atoms with van der Waals surface area (Å²) in [5.41, 5.74) is 3.03. The third kappa shape index (κ3) is 2.72. The van der Waals surface area contributed by atoms with Gasteiger partial charge in [0.15, 0.2) is 11.6 Å². The van der Waals surface area contributed by atoms with Crippen LogP contribution < -0.4 is 5.69 Å². The van der Waals surface area contributed by atoms with Crippen molar-refractivity contribution in [1.29, 1.82) is 0 Å². The Hall–Kier alpha value is -3.52. The fourth-order valence-electron chi connectivity index (χ4n) is 3.66. The van der Waals surface area contributed by atoms with E-state index < -0.39 is 11.6 Å². The van der Waals surface area contributed by atoms with Crippen LogP contribution in [0.3, 0.4) is 0 Å². The van der Waals surface area contributed by atoms with Crippen molar-refractivity contribution in [3.8, 4) is 33.2 Å². The van der Waals surface area contributed by atoms with Crippen LogP contribution in [0.1, 0.15) is 0 Å². The van der Waals surface area contributed by atoms with E-state index in [0.717, 1.165) is 22.0 Å². The molecule has 0 saturated carbocycles. The Morgan fingerprint density at radius 2 is 1.80 bits per heavy atom. The summed E-state index contributed by atoms with van der Waals surface area (Å²) in [5, 5.41) is 1.92. The first-order valence-corrected chi connectivity index (χ1v) is 10.1. The van der Waals surface area contributed by atoms with Crippen LogP contribution in [0.15, 0.2) is 58.7 Å². The minimum absolute atomic E-state index is 0.0994. The van der Waals surface area contributed by atoms with Gasteiger partial charge in [0.1, 0.15) is 5.82 Å². The molecule has 0 fully saturated rings. The second-order valence-electron chi connectivity index (χ2n) is 6.99. The summed E-state index contributed by atoms with van der Waals surface area (Å²) in [4.78, 5) is 21.0. The van der Waals surface area contributed by atoms with Gasteiger partial charge in [-0.1, -0.05) is 18.2 Å². The lowest BCUT2D eigenvalue weighted by Gasteiger charge is -2.06. The molecule has 0 saturated heterocycles. The van der Waals surface area contributed by atoms with E-state index in [-0.39, 0.29) is 11.3 Å². The first-order chi connectivity index (χ1) is 14.5. The van der Waals surface area contributed by atoms with Crippen LogP contribution in [0.4, 0.5) is 8.78 Å². The van der Waals surface area contributed by atoms with Gasteiger partial charge < -0.3 is 4.98 Å². The molecule has 3 heterocycles. The summed E-state index contributed by atoms with van der Waals surface area (Å²) < 4.78 is 31.7. The number of imidazole rings is 2. The average Bonchev–Trinajstić information content (AvgIpc) is 3.47. The van der Waals surface area contributed by atoms with Crippen molar-refractivity contribution in [2.75, 3.05) is 0 Å². The van der Waals surface area contributed by atoms with Gasteiger partial charge in [-0.2, -0.15) is 0 Å². The molecule has 0 amide bonds. The minimum Gasteiger partial charge on any atom is -0.337 e. The predicted octanol–water partition coefficient (Wildman–Crippen LogP) is 4.94. The van der Waals surface area contributed by atoms with Gasteiger partial charge in [0.05, 0.1) is 27.3 Å². The van der Waals surface area contributed by atoms with E-state index in [4.69, 9.17) is 4.98 Å². The first kappa shape index (κ1) is 18.5. The first-order valence-electron chi connectivity index (χ1n) is 9.20. The molecule has 8 heteroatoms. The number of nitrogens with one attached hydrogen (secondary N) is 1. The molecule has 0 unspecified atom stereocenters. The maximum atomic E-state index is 14.6. The zero-order valence-electron chi connectivity index (χ0n) is 16.1. The van der Waals surface area contributed by atoms with Gasteiger partial charge in [-0.25, -0.2) is 18.6 Å². The number of nitrogens with zero attached hydrogens (tertiary/aromatic N) is 3. The largest absolute Gasteiger partial charge is 0.337 e. The number of thiophene rings is 1. The zero-order valence-corrected chi connectivity index (χ0v) is 16.9. The summed E-state index contributed by atoms with van der Waals surface area (Å²) in [6.07, 6.45) is 0. The zero-order chi connectivity index (χ0) is 21.0. The van der Waals surface area contributed by atoms with E-state index in [1.807, 2.05) is 35.7 Å². The highest BCUT2D eigenvalue weighted by Crippen LogP contribution is 2.36. The molecule has 150 valence electrons.